The molecule has 1 heterocycles. The van der Waals surface area contributed by atoms with Gasteiger partial charge >= 0.3 is 5.97 Å². The first-order chi connectivity index (χ1) is 8.90. The van der Waals surface area contributed by atoms with E-state index in [1.54, 1.807) is 0 Å². The molecule has 0 unspecified atom stereocenters. The summed E-state index contributed by atoms with van der Waals surface area (Å²) in [5, 5.41) is 3.17. The van der Waals surface area contributed by atoms with Crippen LogP contribution in [-0.2, 0) is 15.3 Å². The van der Waals surface area contributed by atoms with Crippen LogP contribution in [0.1, 0.15) is 33.4 Å². The molecule has 0 radical (unpaired) electrons. The molecule has 1 aromatic heterocycles. The molecule has 0 aromatic carbocycles. The zero-order valence-electron chi connectivity index (χ0n) is 12.0. The Morgan fingerprint density at radius 1 is 1.42 bits per heavy atom. The van der Waals surface area contributed by atoms with E-state index in [1.165, 1.54) is 11.8 Å². The van der Waals surface area contributed by atoms with E-state index < -0.39 is 5.60 Å². The molecule has 0 saturated heterocycles. The largest absolute Gasteiger partial charge is 0.459 e. The van der Waals surface area contributed by atoms with Crippen molar-refractivity contribution >= 4 is 23.5 Å². The number of ether oxygens (including phenoxy) is 1. The Morgan fingerprint density at radius 2 is 2.16 bits per heavy atom. The molecule has 0 aliphatic carbocycles. The lowest BCUT2D eigenvalue weighted by Gasteiger charge is -2.19. The fraction of sp³-hybridized carbons (Fsp3) is 0.571. The molecular formula is C14H22N2O2S. The Hall–Kier alpha value is -1.23. The zero-order valence-corrected chi connectivity index (χ0v) is 12.8. The number of pyridine rings is 1. The van der Waals surface area contributed by atoms with Crippen molar-refractivity contribution in [2.45, 2.75) is 39.0 Å². The van der Waals surface area contributed by atoms with Crippen molar-refractivity contribution in [1.29, 1.82) is 0 Å². The van der Waals surface area contributed by atoms with Crippen molar-refractivity contribution in [3.63, 3.8) is 0 Å². The van der Waals surface area contributed by atoms with Crippen molar-refractivity contribution in [3.05, 3.63) is 23.9 Å². The van der Waals surface area contributed by atoms with Gasteiger partial charge in [-0.15, -0.1) is 11.8 Å². The monoisotopic (exact) mass is 282 g/mol. The fourth-order valence-electron chi connectivity index (χ4n) is 1.45. The van der Waals surface area contributed by atoms with Gasteiger partial charge in [-0.1, -0.05) is 6.07 Å². The molecule has 106 valence electrons. The van der Waals surface area contributed by atoms with Crippen molar-refractivity contribution < 1.29 is 9.53 Å². The Bertz CT molecular complexity index is 416. The van der Waals surface area contributed by atoms with Crippen LogP contribution in [0.5, 0.6) is 0 Å². The van der Waals surface area contributed by atoms with Crippen LogP contribution in [0.3, 0.4) is 0 Å². The maximum Gasteiger partial charge on any atom is 0.316 e. The minimum atomic E-state index is -0.416. The minimum Gasteiger partial charge on any atom is -0.459 e. The number of nitrogens with one attached hydrogen (secondary N) is 1. The number of hydrogen-bond donors (Lipinski definition) is 1. The van der Waals surface area contributed by atoms with E-state index >= 15 is 0 Å². The molecule has 0 amide bonds. The Labute approximate surface area is 119 Å². The smallest absolute Gasteiger partial charge is 0.316 e. The molecule has 0 atom stereocenters. The number of carbonyl (C=O) groups is 1. The van der Waals surface area contributed by atoms with Crippen LogP contribution in [0, 0.1) is 0 Å². The van der Waals surface area contributed by atoms with Crippen molar-refractivity contribution in [3.8, 4) is 0 Å². The van der Waals surface area contributed by atoms with Gasteiger partial charge in [0, 0.05) is 12.3 Å². The Kier molecular flexibility index (Phi) is 6.15. The SMILES string of the molecule is CCNc1cccc(CSCC(=O)OC(C)(C)C)n1. The second kappa shape index (κ2) is 7.38. The summed E-state index contributed by atoms with van der Waals surface area (Å²) >= 11 is 1.52. The van der Waals surface area contributed by atoms with Crippen LogP contribution in [-0.4, -0.2) is 28.9 Å². The molecule has 0 bridgehead atoms. The van der Waals surface area contributed by atoms with Crippen LogP contribution in [0.2, 0.25) is 0 Å². The Balaban J connectivity index is 2.36. The highest BCUT2D eigenvalue weighted by atomic mass is 32.2. The molecule has 1 aromatic rings. The molecule has 19 heavy (non-hydrogen) atoms. The van der Waals surface area contributed by atoms with Crippen LogP contribution in [0.25, 0.3) is 0 Å². The maximum atomic E-state index is 11.5. The number of nitrogens with zero attached hydrogens (tertiary/aromatic N) is 1. The summed E-state index contributed by atoms with van der Waals surface area (Å²) in [6.07, 6.45) is 0. The average molecular weight is 282 g/mol. The molecule has 0 spiro atoms. The summed E-state index contributed by atoms with van der Waals surface area (Å²) in [7, 11) is 0. The third kappa shape index (κ3) is 7.06. The van der Waals surface area contributed by atoms with Gasteiger partial charge in [0.25, 0.3) is 0 Å². The topological polar surface area (TPSA) is 51.2 Å². The van der Waals surface area contributed by atoms with Gasteiger partial charge in [0.1, 0.15) is 11.4 Å². The molecule has 0 saturated carbocycles. The highest BCUT2D eigenvalue weighted by Gasteiger charge is 2.15. The fourth-order valence-corrected chi connectivity index (χ4v) is 2.15. The molecule has 0 aliphatic heterocycles. The highest BCUT2D eigenvalue weighted by molar-refractivity contribution is 7.99. The maximum absolute atomic E-state index is 11.5. The minimum absolute atomic E-state index is 0.180. The molecule has 1 rings (SSSR count). The normalized spacial score (nSPS) is 11.2. The number of rotatable bonds is 6. The summed E-state index contributed by atoms with van der Waals surface area (Å²) in [5.74, 6) is 1.75. The first-order valence-electron chi connectivity index (χ1n) is 6.40. The standard InChI is InChI=1S/C14H22N2O2S/c1-5-15-12-8-6-7-11(16-12)9-19-10-13(17)18-14(2,3)4/h6-8H,5,9-10H2,1-4H3,(H,15,16). The molecule has 0 aliphatic rings. The van der Waals surface area contributed by atoms with Crippen molar-refractivity contribution in [1.82, 2.24) is 4.98 Å². The van der Waals surface area contributed by atoms with Gasteiger partial charge in [-0.2, -0.15) is 0 Å². The summed E-state index contributed by atoms with van der Waals surface area (Å²) in [6, 6.07) is 5.86. The average Bonchev–Trinajstić information content (AvgIpc) is 2.27. The first kappa shape index (κ1) is 15.8. The second-order valence-electron chi connectivity index (χ2n) is 5.12. The summed E-state index contributed by atoms with van der Waals surface area (Å²) < 4.78 is 5.25. The van der Waals surface area contributed by atoms with Crippen molar-refractivity contribution in [2.75, 3.05) is 17.6 Å². The molecule has 1 N–H and O–H groups in total. The number of carbonyl (C=O) groups excluding carboxylic acids is 1. The number of aromatic nitrogens is 1. The van der Waals surface area contributed by atoms with Gasteiger partial charge in [-0.05, 0) is 39.8 Å². The molecular weight excluding hydrogens is 260 g/mol. The van der Waals surface area contributed by atoms with Crippen LogP contribution in [0.4, 0.5) is 5.82 Å². The van der Waals surface area contributed by atoms with E-state index in [-0.39, 0.29) is 5.97 Å². The van der Waals surface area contributed by atoms with E-state index in [0.29, 0.717) is 11.5 Å². The van der Waals surface area contributed by atoms with Gasteiger partial charge in [0.2, 0.25) is 0 Å². The molecule has 5 heteroatoms. The van der Waals surface area contributed by atoms with Gasteiger partial charge in [-0.3, -0.25) is 4.79 Å². The van der Waals surface area contributed by atoms with E-state index in [9.17, 15) is 4.79 Å². The quantitative estimate of drug-likeness (QED) is 0.813. The number of anilines is 1. The lowest BCUT2D eigenvalue weighted by Crippen LogP contribution is -2.24. The summed E-state index contributed by atoms with van der Waals surface area (Å²) in [5.41, 5.74) is 0.549. The summed E-state index contributed by atoms with van der Waals surface area (Å²) in [4.78, 5) is 16.0. The number of thioether (sulfide) groups is 1. The van der Waals surface area contributed by atoms with Crippen LogP contribution >= 0.6 is 11.8 Å². The van der Waals surface area contributed by atoms with E-state index in [0.717, 1.165) is 18.1 Å². The lowest BCUT2D eigenvalue weighted by atomic mass is 10.2. The highest BCUT2D eigenvalue weighted by Crippen LogP contribution is 2.15. The van der Waals surface area contributed by atoms with Gasteiger partial charge < -0.3 is 10.1 Å². The first-order valence-corrected chi connectivity index (χ1v) is 7.55. The lowest BCUT2D eigenvalue weighted by molar-refractivity contribution is -0.151. The van der Waals surface area contributed by atoms with E-state index in [1.807, 2.05) is 45.9 Å². The van der Waals surface area contributed by atoms with E-state index in [4.69, 9.17) is 4.74 Å². The third-order valence-corrected chi connectivity index (χ3v) is 2.99. The van der Waals surface area contributed by atoms with Crippen LogP contribution in [0.15, 0.2) is 18.2 Å². The van der Waals surface area contributed by atoms with Gasteiger partial charge in [0.05, 0.1) is 11.4 Å². The predicted octanol–water partition coefficient (Wildman–Crippen LogP) is 3.09. The molecule has 0 fully saturated rings. The molecule has 4 nitrogen and oxygen atoms in total. The number of hydrogen-bond acceptors (Lipinski definition) is 5. The number of esters is 1. The van der Waals surface area contributed by atoms with Gasteiger partial charge in [0.15, 0.2) is 0 Å². The predicted molar refractivity (Wildman–Crippen MR) is 80.4 cm³/mol. The second-order valence-corrected chi connectivity index (χ2v) is 6.11. The Morgan fingerprint density at radius 3 is 2.79 bits per heavy atom. The van der Waals surface area contributed by atoms with E-state index in [2.05, 4.69) is 10.3 Å². The zero-order chi connectivity index (χ0) is 14.3. The van der Waals surface area contributed by atoms with Crippen LogP contribution < -0.4 is 5.32 Å². The third-order valence-electron chi connectivity index (χ3n) is 2.05. The van der Waals surface area contributed by atoms with Gasteiger partial charge in [-0.25, -0.2) is 4.98 Å². The van der Waals surface area contributed by atoms with Crippen molar-refractivity contribution in [2.24, 2.45) is 0 Å². The summed E-state index contributed by atoms with van der Waals surface area (Å²) in [6.45, 7) is 8.50.